The summed E-state index contributed by atoms with van der Waals surface area (Å²) in [6.45, 7) is 3.33. The summed E-state index contributed by atoms with van der Waals surface area (Å²) in [6.07, 6.45) is 0. The zero-order valence-corrected chi connectivity index (χ0v) is 14.4. The van der Waals surface area contributed by atoms with Crippen LogP contribution in [0.2, 0.25) is 0 Å². The van der Waals surface area contributed by atoms with Gasteiger partial charge in [-0.1, -0.05) is 12.1 Å². The van der Waals surface area contributed by atoms with E-state index < -0.39 is 23.4 Å². The summed E-state index contributed by atoms with van der Waals surface area (Å²) in [5.74, 6) is -0.651. The number of carbonyl (C=O) groups is 3. The summed E-state index contributed by atoms with van der Waals surface area (Å²) in [5, 5.41) is 4.76. The minimum Gasteiger partial charge on any atom is -0.442 e. The van der Waals surface area contributed by atoms with E-state index in [2.05, 4.69) is 26.6 Å². The molecule has 0 unspecified atom stereocenters. The fraction of sp³-hybridized carbons (Fsp3) is 0.188. The highest BCUT2D eigenvalue weighted by Gasteiger charge is 2.43. The molecule has 24 heavy (non-hydrogen) atoms. The number of ether oxygens (including phenoxy) is 1. The molecular formula is C16H13BrN2O5. The molecule has 124 valence electrons. The Labute approximate surface area is 145 Å². The second kappa shape index (κ2) is 5.79. The lowest BCUT2D eigenvalue weighted by atomic mass is 9.92. The van der Waals surface area contributed by atoms with Crippen LogP contribution in [0.3, 0.4) is 0 Å². The molecule has 1 aliphatic rings. The highest BCUT2D eigenvalue weighted by atomic mass is 79.9. The highest BCUT2D eigenvalue weighted by molar-refractivity contribution is 9.10. The molecule has 2 heterocycles. The van der Waals surface area contributed by atoms with Crippen LogP contribution in [0.5, 0.6) is 5.75 Å². The Morgan fingerprint density at radius 3 is 2.42 bits per heavy atom. The standard InChI is InChI=1S/C16H13BrN2O5/c1-8-7-11(17)24-12(8)13(20)23-10-5-3-9(4-6-10)16(2)14(21)18-15(22)19-16/h3-7H,1-2H3,(H2,18,19,21,22)/t16-/m1/s1. The first-order chi connectivity index (χ1) is 11.3. The van der Waals surface area contributed by atoms with Crippen molar-refractivity contribution in [3.8, 4) is 5.75 Å². The van der Waals surface area contributed by atoms with Gasteiger partial charge in [-0.05, 0) is 53.5 Å². The predicted octanol–water partition coefficient (Wildman–Crippen LogP) is 2.62. The number of hydrogen-bond donors (Lipinski definition) is 2. The first-order valence-electron chi connectivity index (χ1n) is 7.02. The van der Waals surface area contributed by atoms with Crippen molar-refractivity contribution >= 4 is 33.8 Å². The average Bonchev–Trinajstić information content (AvgIpc) is 2.98. The SMILES string of the molecule is Cc1cc(Br)oc1C(=O)Oc1ccc([C@@]2(C)NC(=O)NC2=O)cc1. The summed E-state index contributed by atoms with van der Waals surface area (Å²) in [7, 11) is 0. The predicted molar refractivity (Wildman–Crippen MR) is 86.6 cm³/mol. The van der Waals surface area contributed by atoms with E-state index >= 15 is 0 Å². The van der Waals surface area contributed by atoms with E-state index in [1.165, 1.54) is 0 Å². The highest BCUT2D eigenvalue weighted by Crippen LogP contribution is 2.27. The monoisotopic (exact) mass is 392 g/mol. The molecule has 1 atom stereocenters. The van der Waals surface area contributed by atoms with Gasteiger partial charge in [-0.25, -0.2) is 9.59 Å². The first kappa shape index (κ1) is 16.3. The van der Waals surface area contributed by atoms with Crippen molar-refractivity contribution in [2.75, 3.05) is 0 Å². The minimum absolute atomic E-state index is 0.111. The number of benzene rings is 1. The third-order valence-corrected chi connectivity index (χ3v) is 4.15. The largest absolute Gasteiger partial charge is 0.442 e. The van der Waals surface area contributed by atoms with Crippen LogP contribution in [-0.2, 0) is 10.3 Å². The number of halogens is 1. The van der Waals surface area contributed by atoms with Gasteiger partial charge in [0.2, 0.25) is 5.76 Å². The maximum Gasteiger partial charge on any atom is 0.379 e. The Balaban J connectivity index is 1.78. The molecule has 1 aliphatic heterocycles. The average molecular weight is 393 g/mol. The third-order valence-electron chi connectivity index (χ3n) is 3.76. The van der Waals surface area contributed by atoms with E-state index in [9.17, 15) is 14.4 Å². The molecule has 2 aromatic rings. The topological polar surface area (TPSA) is 97.6 Å². The molecule has 0 spiro atoms. The smallest absolute Gasteiger partial charge is 0.379 e. The lowest BCUT2D eigenvalue weighted by Gasteiger charge is -2.21. The van der Waals surface area contributed by atoms with Crippen LogP contribution in [-0.4, -0.2) is 17.9 Å². The number of aryl methyl sites for hydroxylation is 1. The Bertz CT molecular complexity index is 843. The van der Waals surface area contributed by atoms with Crippen molar-refractivity contribution in [3.63, 3.8) is 0 Å². The van der Waals surface area contributed by atoms with Gasteiger partial charge in [0.25, 0.3) is 5.91 Å². The Kier molecular flexibility index (Phi) is 3.92. The number of imide groups is 1. The molecule has 0 saturated carbocycles. The van der Waals surface area contributed by atoms with Crippen LogP contribution < -0.4 is 15.4 Å². The van der Waals surface area contributed by atoms with Crippen molar-refractivity contribution < 1.29 is 23.5 Å². The van der Waals surface area contributed by atoms with E-state index in [0.717, 1.165) is 0 Å². The second-order valence-electron chi connectivity index (χ2n) is 5.51. The zero-order valence-electron chi connectivity index (χ0n) is 12.8. The lowest BCUT2D eigenvalue weighted by molar-refractivity contribution is -0.123. The number of amides is 3. The van der Waals surface area contributed by atoms with Gasteiger partial charge < -0.3 is 14.5 Å². The molecule has 1 aromatic carbocycles. The molecule has 0 bridgehead atoms. The summed E-state index contributed by atoms with van der Waals surface area (Å²) in [5.41, 5.74) is 0.0751. The zero-order chi connectivity index (χ0) is 17.5. The van der Waals surface area contributed by atoms with Crippen LogP contribution >= 0.6 is 15.9 Å². The maximum absolute atomic E-state index is 12.1. The van der Waals surface area contributed by atoms with Crippen LogP contribution in [0.25, 0.3) is 0 Å². The first-order valence-corrected chi connectivity index (χ1v) is 7.81. The van der Waals surface area contributed by atoms with Crippen LogP contribution in [0.15, 0.2) is 39.4 Å². The van der Waals surface area contributed by atoms with Gasteiger partial charge in [-0.15, -0.1) is 0 Å². The molecule has 8 heteroatoms. The number of furan rings is 1. The lowest BCUT2D eigenvalue weighted by Crippen LogP contribution is -2.40. The maximum atomic E-state index is 12.1. The van der Waals surface area contributed by atoms with Gasteiger partial charge in [-0.3, -0.25) is 10.1 Å². The number of nitrogens with one attached hydrogen (secondary N) is 2. The Morgan fingerprint density at radius 2 is 1.92 bits per heavy atom. The summed E-state index contributed by atoms with van der Waals surface area (Å²) in [4.78, 5) is 35.3. The van der Waals surface area contributed by atoms with E-state index in [-0.39, 0.29) is 5.76 Å². The van der Waals surface area contributed by atoms with Gasteiger partial charge in [-0.2, -0.15) is 0 Å². The Hall–Kier alpha value is -2.61. The van der Waals surface area contributed by atoms with Crippen LogP contribution in [0.1, 0.15) is 28.6 Å². The van der Waals surface area contributed by atoms with Gasteiger partial charge in [0.1, 0.15) is 11.3 Å². The van der Waals surface area contributed by atoms with Crippen molar-refractivity contribution in [1.82, 2.24) is 10.6 Å². The fourth-order valence-electron chi connectivity index (χ4n) is 2.40. The third kappa shape index (κ3) is 2.80. The van der Waals surface area contributed by atoms with E-state index in [0.29, 0.717) is 21.5 Å². The minimum atomic E-state index is -1.15. The van der Waals surface area contributed by atoms with Crippen molar-refractivity contribution in [3.05, 3.63) is 51.9 Å². The number of esters is 1. The molecule has 0 radical (unpaired) electrons. The number of carbonyl (C=O) groups excluding carboxylic acids is 3. The van der Waals surface area contributed by atoms with Gasteiger partial charge in [0.05, 0.1) is 0 Å². The molecule has 0 aliphatic carbocycles. The van der Waals surface area contributed by atoms with Crippen LogP contribution in [0.4, 0.5) is 4.79 Å². The molecule has 1 saturated heterocycles. The molecule has 1 aromatic heterocycles. The summed E-state index contributed by atoms with van der Waals surface area (Å²) < 4.78 is 10.9. The van der Waals surface area contributed by atoms with Gasteiger partial charge in [0.15, 0.2) is 4.67 Å². The van der Waals surface area contributed by atoms with E-state index in [1.807, 2.05) is 0 Å². The summed E-state index contributed by atoms with van der Waals surface area (Å²) in [6, 6.07) is 7.43. The van der Waals surface area contributed by atoms with Gasteiger partial charge >= 0.3 is 12.0 Å². The van der Waals surface area contributed by atoms with Crippen molar-refractivity contribution in [2.45, 2.75) is 19.4 Å². The second-order valence-corrected chi connectivity index (χ2v) is 6.29. The number of rotatable bonds is 3. The van der Waals surface area contributed by atoms with Crippen molar-refractivity contribution in [2.24, 2.45) is 0 Å². The Morgan fingerprint density at radius 1 is 1.25 bits per heavy atom. The quantitative estimate of drug-likeness (QED) is 0.475. The normalized spacial score (nSPS) is 19.8. The van der Waals surface area contributed by atoms with Gasteiger partial charge in [0, 0.05) is 5.56 Å². The molecule has 1 fully saturated rings. The molecule has 7 nitrogen and oxygen atoms in total. The fourth-order valence-corrected chi connectivity index (χ4v) is 2.91. The molecular weight excluding hydrogens is 380 g/mol. The molecule has 3 amide bonds. The van der Waals surface area contributed by atoms with Crippen LogP contribution in [0, 0.1) is 6.92 Å². The molecule has 3 rings (SSSR count). The van der Waals surface area contributed by atoms with Crippen molar-refractivity contribution in [1.29, 1.82) is 0 Å². The number of hydrogen-bond acceptors (Lipinski definition) is 5. The van der Waals surface area contributed by atoms with E-state index in [4.69, 9.17) is 9.15 Å². The number of urea groups is 1. The summed E-state index contributed by atoms with van der Waals surface area (Å²) >= 11 is 3.15. The molecule has 2 N–H and O–H groups in total. The van der Waals surface area contributed by atoms with E-state index in [1.54, 1.807) is 44.2 Å².